The third-order valence-electron chi connectivity index (χ3n) is 4.80. The van der Waals surface area contributed by atoms with Gasteiger partial charge in [-0.2, -0.15) is 4.98 Å². The molecule has 0 spiro atoms. The van der Waals surface area contributed by atoms with E-state index in [1.165, 1.54) is 5.56 Å². The molecule has 7 heteroatoms. The molecule has 0 bridgehead atoms. The van der Waals surface area contributed by atoms with Gasteiger partial charge in [0.15, 0.2) is 5.82 Å². The number of aryl methyl sites for hydroxylation is 1. The number of hydrogen-bond donors (Lipinski definition) is 0. The monoisotopic (exact) mass is 397 g/mol. The van der Waals surface area contributed by atoms with Crippen LogP contribution in [0.2, 0.25) is 0 Å². The summed E-state index contributed by atoms with van der Waals surface area (Å²) < 4.78 is 13.6. The fraction of sp³-hybridized carbons (Fsp3) is 0.500. The SMILES string of the molecule is CCN(Cc1nc(C(C)C)no1)Cc1ccccc1OCCCCn1ccnc1. The quantitative estimate of drug-likeness (QED) is 0.425. The number of ether oxygens (including phenoxy) is 1. The van der Waals surface area contributed by atoms with E-state index in [1.807, 2.05) is 30.9 Å². The second-order valence-electron chi connectivity index (χ2n) is 7.47. The average molecular weight is 398 g/mol. The fourth-order valence-electron chi connectivity index (χ4n) is 3.05. The first-order valence-electron chi connectivity index (χ1n) is 10.4. The second-order valence-corrected chi connectivity index (χ2v) is 7.47. The van der Waals surface area contributed by atoms with Gasteiger partial charge in [-0.15, -0.1) is 0 Å². The first-order valence-corrected chi connectivity index (χ1v) is 10.4. The second kappa shape index (κ2) is 10.8. The van der Waals surface area contributed by atoms with Crippen molar-refractivity contribution in [1.82, 2.24) is 24.6 Å². The number of nitrogens with zero attached hydrogens (tertiary/aromatic N) is 5. The first kappa shape index (κ1) is 21.0. The van der Waals surface area contributed by atoms with Gasteiger partial charge in [-0.3, -0.25) is 4.90 Å². The highest BCUT2D eigenvalue weighted by atomic mass is 16.5. The molecule has 3 aromatic rings. The minimum atomic E-state index is 0.269. The maximum Gasteiger partial charge on any atom is 0.240 e. The third kappa shape index (κ3) is 6.42. The maximum atomic E-state index is 6.08. The standard InChI is InChI=1S/C22H31N5O2/c1-4-26(16-21-24-22(18(2)3)25-29-21)15-19-9-5-6-10-20(19)28-14-8-7-12-27-13-11-23-17-27/h5-6,9-11,13,17-18H,4,7-8,12,14-16H2,1-3H3. The minimum Gasteiger partial charge on any atom is -0.493 e. The van der Waals surface area contributed by atoms with E-state index in [1.54, 1.807) is 0 Å². The van der Waals surface area contributed by atoms with Gasteiger partial charge in [0.25, 0.3) is 0 Å². The van der Waals surface area contributed by atoms with Crippen LogP contribution in [0, 0.1) is 0 Å². The largest absolute Gasteiger partial charge is 0.493 e. The lowest BCUT2D eigenvalue weighted by atomic mass is 10.2. The van der Waals surface area contributed by atoms with Crippen molar-refractivity contribution in [3.8, 4) is 5.75 Å². The summed E-state index contributed by atoms with van der Waals surface area (Å²) in [5.74, 6) is 2.64. The van der Waals surface area contributed by atoms with E-state index in [2.05, 4.69) is 57.5 Å². The summed E-state index contributed by atoms with van der Waals surface area (Å²) in [4.78, 5) is 10.8. The molecular formula is C22H31N5O2. The molecule has 0 aliphatic rings. The highest BCUT2D eigenvalue weighted by Crippen LogP contribution is 2.21. The van der Waals surface area contributed by atoms with Crippen LogP contribution in [0.4, 0.5) is 0 Å². The predicted octanol–water partition coefficient (Wildman–Crippen LogP) is 4.27. The highest BCUT2D eigenvalue weighted by Gasteiger charge is 2.14. The van der Waals surface area contributed by atoms with Gasteiger partial charge in [0.1, 0.15) is 5.75 Å². The fourth-order valence-corrected chi connectivity index (χ4v) is 3.05. The van der Waals surface area contributed by atoms with E-state index in [0.29, 0.717) is 19.0 Å². The Bertz CT molecular complexity index is 845. The smallest absolute Gasteiger partial charge is 0.240 e. The van der Waals surface area contributed by atoms with E-state index >= 15 is 0 Å². The summed E-state index contributed by atoms with van der Waals surface area (Å²) in [6, 6.07) is 8.24. The average Bonchev–Trinajstić information content (AvgIpc) is 3.40. The Labute approximate surface area is 172 Å². The van der Waals surface area contributed by atoms with Gasteiger partial charge in [0.2, 0.25) is 5.89 Å². The number of unbranched alkanes of at least 4 members (excludes halogenated alkanes) is 1. The number of benzene rings is 1. The van der Waals surface area contributed by atoms with Crippen LogP contribution >= 0.6 is 0 Å². The van der Waals surface area contributed by atoms with Crippen molar-refractivity contribution >= 4 is 0 Å². The molecule has 0 radical (unpaired) electrons. The molecule has 0 aliphatic heterocycles. The van der Waals surface area contributed by atoms with E-state index in [-0.39, 0.29) is 5.92 Å². The topological polar surface area (TPSA) is 69.2 Å². The summed E-state index contributed by atoms with van der Waals surface area (Å²) >= 11 is 0. The van der Waals surface area contributed by atoms with Gasteiger partial charge in [0.05, 0.1) is 19.5 Å². The summed E-state index contributed by atoms with van der Waals surface area (Å²) in [7, 11) is 0. The summed E-state index contributed by atoms with van der Waals surface area (Å²) in [6.07, 6.45) is 7.72. The number of imidazole rings is 1. The number of aromatic nitrogens is 4. The number of para-hydroxylation sites is 1. The van der Waals surface area contributed by atoms with Gasteiger partial charge < -0.3 is 13.8 Å². The van der Waals surface area contributed by atoms with Gasteiger partial charge in [-0.25, -0.2) is 4.98 Å². The van der Waals surface area contributed by atoms with Gasteiger partial charge in [-0.1, -0.05) is 44.1 Å². The van der Waals surface area contributed by atoms with Crippen LogP contribution in [0.25, 0.3) is 0 Å². The molecule has 0 saturated heterocycles. The molecular weight excluding hydrogens is 366 g/mol. The summed E-state index contributed by atoms with van der Waals surface area (Å²) in [6.45, 7) is 10.2. The lowest BCUT2D eigenvalue weighted by molar-refractivity contribution is 0.223. The predicted molar refractivity (Wildman–Crippen MR) is 112 cm³/mol. The Hall–Kier alpha value is -2.67. The molecule has 156 valence electrons. The zero-order chi connectivity index (χ0) is 20.5. The third-order valence-corrected chi connectivity index (χ3v) is 4.80. The molecule has 0 atom stereocenters. The number of rotatable bonds is 12. The van der Waals surface area contributed by atoms with Crippen LogP contribution in [0.15, 0.2) is 47.5 Å². The van der Waals surface area contributed by atoms with E-state index in [9.17, 15) is 0 Å². The molecule has 1 aromatic carbocycles. The van der Waals surface area contributed by atoms with Crippen LogP contribution in [0.3, 0.4) is 0 Å². The summed E-state index contributed by atoms with van der Waals surface area (Å²) in [5.41, 5.74) is 1.17. The lowest BCUT2D eigenvalue weighted by Crippen LogP contribution is -2.23. The Balaban J connectivity index is 1.51. The van der Waals surface area contributed by atoms with Crippen LogP contribution in [-0.2, 0) is 19.6 Å². The molecule has 0 amide bonds. The molecule has 2 heterocycles. The molecule has 0 saturated carbocycles. The molecule has 29 heavy (non-hydrogen) atoms. The van der Waals surface area contributed by atoms with Crippen molar-refractivity contribution in [2.24, 2.45) is 0 Å². The van der Waals surface area contributed by atoms with E-state index in [0.717, 1.165) is 44.0 Å². The molecule has 3 rings (SSSR count). The molecule has 0 aliphatic carbocycles. The molecule has 2 aromatic heterocycles. The van der Waals surface area contributed by atoms with Gasteiger partial charge >= 0.3 is 0 Å². The van der Waals surface area contributed by atoms with Crippen molar-refractivity contribution in [2.45, 2.75) is 59.2 Å². The summed E-state index contributed by atoms with van der Waals surface area (Å²) in [5, 5.41) is 4.06. The zero-order valence-corrected chi connectivity index (χ0v) is 17.6. The Morgan fingerprint density at radius 2 is 2.03 bits per heavy atom. The van der Waals surface area contributed by atoms with E-state index < -0.39 is 0 Å². The van der Waals surface area contributed by atoms with Crippen molar-refractivity contribution in [3.05, 3.63) is 60.3 Å². The van der Waals surface area contributed by atoms with Gasteiger partial charge in [-0.05, 0) is 25.5 Å². The Morgan fingerprint density at radius 1 is 1.17 bits per heavy atom. The minimum absolute atomic E-state index is 0.269. The van der Waals surface area contributed by atoms with Crippen LogP contribution < -0.4 is 4.74 Å². The zero-order valence-electron chi connectivity index (χ0n) is 17.6. The van der Waals surface area contributed by atoms with Crippen LogP contribution in [0.5, 0.6) is 5.75 Å². The normalized spacial score (nSPS) is 11.5. The number of hydrogen-bond acceptors (Lipinski definition) is 6. The molecule has 7 nitrogen and oxygen atoms in total. The van der Waals surface area contributed by atoms with Gasteiger partial charge in [0, 0.05) is 37.0 Å². The van der Waals surface area contributed by atoms with Crippen molar-refractivity contribution in [3.63, 3.8) is 0 Å². The van der Waals surface area contributed by atoms with Crippen molar-refractivity contribution < 1.29 is 9.26 Å². The Morgan fingerprint density at radius 3 is 2.76 bits per heavy atom. The highest BCUT2D eigenvalue weighted by molar-refractivity contribution is 5.33. The Kier molecular flexibility index (Phi) is 7.81. The molecule has 0 fully saturated rings. The lowest BCUT2D eigenvalue weighted by Gasteiger charge is -2.20. The van der Waals surface area contributed by atoms with E-state index in [4.69, 9.17) is 9.26 Å². The maximum absolute atomic E-state index is 6.08. The molecule has 0 unspecified atom stereocenters. The van der Waals surface area contributed by atoms with Crippen molar-refractivity contribution in [1.29, 1.82) is 0 Å². The van der Waals surface area contributed by atoms with Crippen LogP contribution in [-0.4, -0.2) is 37.7 Å². The van der Waals surface area contributed by atoms with Crippen LogP contribution in [0.1, 0.15) is 56.8 Å². The first-order chi connectivity index (χ1) is 14.2. The molecule has 0 N–H and O–H groups in total. The van der Waals surface area contributed by atoms with Crippen molar-refractivity contribution in [2.75, 3.05) is 13.2 Å².